The maximum absolute atomic E-state index is 11.5. The van der Waals surface area contributed by atoms with E-state index in [4.69, 9.17) is 0 Å². The van der Waals surface area contributed by atoms with Crippen LogP contribution >= 0.6 is 34.9 Å². The first-order valence-electron chi connectivity index (χ1n) is 6.44. The Bertz CT molecular complexity index is 819. The number of hydrogen-bond donors (Lipinski definition) is 0. The maximum atomic E-state index is 11.5. The molecule has 0 bridgehead atoms. The van der Waals surface area contributed by atoms with Crippen molar-refractivity contribution < 1.29 is 13.3 Å². The number of nitro groups is 1. The summed E-state index contributed by atoms with van der Waals surface area (Å²) < 4.78 is 24.4. The fraction of sp³-hybridized carbons (Fsp3) is 0.333. The van der Waals surface area contributed by atoms with Crippen molar-refractivity contribution in [2.75, 3.05) is 12.0 Å². The number of aromatic nitrogens is 2. The molecule has 0 unspecified atom stereocenters. The third-order valence-corrected chi connectivity index (χ3v) is 7.06. The van der Waals surface area contributed by atoms with Crippen LogP contribution in [-0.2, 0) is 9.84 Å². The van der Waals surface area contributed by atoms with Crippen LogP contribution < -0.4 is 0 Å². The second-order valence-corrected chi connectivity index (χ2v) is 10.1. The van der Waals surface area contributed by atoms with Gasteiger partial charge in [-0.15, -0.1) is 10.2 Å². The summed E-state index contributed by atoms with van der Waals surface area (Å²) in [7, 11) is -3.50. The number of rotatable bonds is 7. The Kier molecular flexibility index (Phi) is 6.00. The summed E-state index contributed by atoms with van der Waals surface area (Å²) in [5, 5.41) is 19.2. The highest BCUT2D eigenvalue weighted by atomic mass is 32.2. The van der Waals surface area contributed by atoms with Crippen molar-refractivity contribution in [3.8, 4) is 0 Å². The fourth-order valence-corrected chi connectivity index (χ4v) is 5.17. The van der Waals surface area contributed by atoms with Crippen LogP contribution in [0.5, 0.6) is 0 Å². The van der Waals surface area contributed by atoms with Gasteiger partial charge in [0.2, 0.25) is 0 Å². The van der Waals surface area contributed by atoms with Crippen LogP contribution in [-0.4, -0.2) is 35.5 Å². The average molecular weight is 392 g/mol. The van der Waals surface area contributed by atoms with Crippen molar-refractivity contribution in [2.24, 2.45) is 0 Å². The fourth-order valence-electron chi connectivity index (χ4n) is 1.54. The Hall–Kier alpha value is -1.17. The lowest BCUT2D eigenvalue weighted by molar-refractivity contribution is -0.388. The zero-order chi connectivity index (χ0) is 17.0. The highest BCUT2D eigenvalue weighted by molar-refractivity contribution is 8.03. The second-order valence-electron chi connectivity index (χ2n) is 4.44. The number of sulfone groups is 1. The highest BCUT2D eigenvalue weighted by Gasteiger charge is 2.20. The van der Waals surface area contributed by atoms with Gasteiger partial charge in [0.15, 0.2) is 18.5 Å². The first-order chi connectivity index (χ1) is 10.8. The zero-order valence-electron chi connectivity index (χ0n) is 12.3. The standard InChI is InChI=1S/C12H13N3O4S4/c1-3-6-20-11-13-14-12(22-11)21-10-5-4-8(23(2,18)19)7-9(10)15(16)17/h4-5,7H,3,6H2,1-2H3. The van der Waals surface area contributed by atoms with E-state index in [2.05, 4.69) is 17.1 Å². The SMILES string of the molecule is CCCSc1nnc(Sc2ccc(S(C)(=O)=O)cc2[N+](=O)[O-])s1. The van der Waals surface area contributed by atoms with Crippen molar-refractivity contribution in [2.45, 2.75) is 31.8 Å². The number of hydrogen-bond acceptors (Lipinski definition) is 9. The summed E-state index contributed by atoms with van der Waals surface area (Å²) in [6, 6.07) is 3.86. The predicted molar refractivity (Wildman–Crippen MR) is 91.3 cm³/mol. The third-order valence-electron chi connectivity index (χ3n) is 2.57. The minimum absolute atomic E-state index is 0.0787. The molecule has 11 heteroatoms. The second kappa shape index (κ2) is 7.60. The molecule has 1 heterocycles. The van der Waals surface area contributed by atoms with Gasteiger partial charge < -0.3 is 0 Å². The van der Waals surface area contributed by atoms with Gasteiger partial charge in [-0.05, 0) is 18.6 Å². The molecule has 0 aliphatic carbocycles. The lowest BCUT2D eigenvalue weighted by Crippen LogP contribution is -1.99. The van der Waals surface area contributed by atoms with E-state index < -0.39 is 14.8 Å². The van der Waals surface area contributed by atoms with Crippen LogP contribution in [0.15, 0.2) is 36.7 Å². The van der Waals surface area contributed by atoms with E-state index in [1.807, 2.05) is 0 Å². The highest BCUT2D eigenvalue weighted by Crippen LogP contribution is 2.38. The van der Waals surface area contributed by atoms with E-state index in [-0.39, 0.29) is 10.6 Å². The van der Waals surface area contributed by atoms with Crippen molar-refractivity contribution in [1.29, 1.82) is 0 Å². The van der Waals surface area contributed by atoms with Crippen LogP contribution in [0.2, 0.25) is 0 Å². The summed E-state index contributed by atoms with van der Waals surface area (Å²) in [4.78, 5) is 10.9. The molecule has 0 amide bonds. The molecule has 0 aliphatic rings. The normalized spacial score (nSPS) is 11.6. The Labute approximate surface area is 146 Å². The smallest absolute Gasteiger partial charge is 0.258 e. The molecule has 1 aromatic carbocycles. The van der Waals surface area contributed by atoms with Gasteiger partial charge >= 0.3 is 0 Å². The lowest BCUT2D eigenvalue weighted by atomic mass is 10.3. The van der Waals surface area contributed by atoms with Crippen LogP contribution in [0.1, 0.15) is 13.3 Å². The molecule has 0 atom stereocenters. The molecule has 0 saturated heterocycles. The summed E-state index contributed by atoms with van der Waals surface area (Å²) >= 11 is 4.06. The first-order valence-corrected chi connectivity index (χ1v) is 10.9. The third kappa shape index (κ3) is 4.90. The van der Waals surface area contributed by atoms with Crippen molar-refractivity contribution in [3.63, 3.8) is 0 Å². The van der Waals surface area contributed by atoms with E-state index in [9.17, 15) is 18.5 Å². The van der Waals surface area contributed by atoms with Crippen LogP contribution in [0.3, 0.4) is 0 Å². The number of thioether (sulfide) groups is 1. The van der Waals surface area contributed by atoms with Crippen LogP contribution in [0, 0.1) is 10.1 Å². The van der Waals surface area contributed by atoms with Crippen molar-refractivity contribution in [1.82, 2.24) is 10.2 Å². The Balaban J connectivity index is 2.29. The van der Waals surface area contributed by atoms with Crippen molar-refractivity contribution >= 4 is 50.4 Å². The van der Waals surface area contributed by atoms with E-state index in [0.29, 0.717) is 9.24 Å². The molecule has 0 spiro atoms. The summed E-state index contributed by atoms with van der Waals surface area (Å²) in [6.07, 6.45) is 2.03. The van der Waals surface area contributed by atoms with E-state index in [1.54, 1.807) is 11.8 Å². The molecule has 0 fully saturated rings. The Morgan fingerprint density at radius 3 is 2.61 bits per heavy atom. The van der Waals surface area contributed by atoms with Gasteiger partial charge in [-0.25, -0.2) is 8.42 Å². The topological polar surface area (TPSA) is 103 Å². The van der Waals surface area contributed by atoms with E-state index >= 15 is 0 Å². The minimum Gasteiger partial charge on any atom is -0.258 e. The molecule has 23 heavy (non-hydrogen) atoms. The number of benzene rings is 1. The number of nitro benzene ring substituents is 1. The molecule has 0 N–H and O–H groups in total. The van der Waals surface area contributed by atoms with Gasteiger partial charge in [0.05, 0.1) is 14.7 Å². The summed E-state index contributed by atoms with van der Waals surface area (Å²) in [5.41, 5.74) is -0.254. The van der Waals surface area contributed by atoms with Crippen LogP contribution in [0.25, 0.3) is 0 Å². The molecule has 0 radical (unpaired) electrons. The number of nitrogens with zero attached hydrogens (tertiary/aromatic N) is 3. The molecule has 124 valence electrons. The first kappa shape index (κ1) is 18.2. The quantitative estimate of drug-likeness (QED) is 0.401. The Morgan fingerprint density at radius 2 is 2.00 bits per heavy atom. The van der Waals surface area contributed by atoms with Gasteiger partial charge in [-0.3, -0.25) is 10.1 Å². The van der Waals surface area contributed by atoms with Gasteiger partial charge in [0, 0.05) is 18.1 Å². The summed E-state index contributed by atoms with van der Waals surface area (Å²) in [6.45, 7) is 2.07. The molecule has 1 aromatic heterocycles. The largest absolute Gasteiger partial charge is 0.284 e. The lowest BCUT2D eigenvalue weighted by Gasteiger charge is -2.03. The molecule has 2 aromatic rings. The van der Waals surface area contributed by atoms with Crippen LogP contribution in [0.4, 0.5) is 5.69 Å². The maximum Gasteiger partial charge on any atom is 0.284 e. The van der Waals surface area contributed by atoms with Gasteiger partial charge in [0.25, 0.3) is 5.69 Å². The molecular formula is C12H13N3O4S4. The zero-order valence-corrected chi connectivity index (χ0v) is 15.5. The van der Waals surface area contributed by atoms with Gasteiger partial charge in [-0.1, -0.05) is 41.8 Å². The van der Waals surface area contributed by atoms with E-state index in [0.717, 1.165) is 40.6 Å². The molecule has 0 aliphatic heterocycles. The van der Waals surface area contributed by atoms with Gasteiger partial charge in [0.1, 0.15) is 0 Å². The molecule has 2 rings (SSSR count). The minimum atomic E-state index is -3.50. The summed E-state index contributed by atoms with van der Waals surface area (Å²) in [5.74, 6) is 0.933. The molecular weight excluding hydrogens is 378 g/mol. The Morgan fingerprint density at radius 1 is 1.30 bits per heavy atom. The van der Waals surface area contributed by atoms with Gasteiger partial charge in [-0.2, -0.15) is 0 Å². The molecule has 7 nitrogen and oxygen atoms in total. The predicted octanol–water partition coefficient (Wildman–Crippen LogP) is 3.50. The van der Waals surface area contributed by atoms with E-state index in [1.165, 1.54) is 23.5 Å². The molecule has 0 saturated carbocycles. The average Bonchev–Trinajstić information content (AvgIpc) is 2.91. The van der Waals surface area contributed by atoms with Crippen molar-refractivity contribution in [3.05, 3.63) is 28.3 Å². The monoisotopic (exact) mass is 391 g/mol.